The Hall–Kier alpha value is -2.57. The van der Waals surface area contributed by atoms with E-state index >= 15 is 0 Å². The van der Waals surface area contributed by atoms with Crippen LogP contribution in [0.1, 0.15) is 10.4 Å². The van der Waals surface area contributed by atoms with Crippen molar-refractivity contribution in [3.63, 3.8) is 0 Å². The van der Waals surface area contributed by atoms with Crippen molar-refractivity contribution < 1.29 is 14.3 Å². The molecule has 0 aromatic heterocycles. The summed E-state index contributed by atoms with van der Waals surface area (Å²) < 4.78 is 6.45. The van der Waals surface area contributed by atoms with Crippen molar-refractivity contribution in [2.45, 2.75) is 0 Å². The van der Waals surface area contributed by atoms with Gasteiger partial charge in [-0.25, -0.2) is 0 Å². The maximum Gasteiger partial charge on any atom is 0.262 e. The molecular formula is C21H18BrClN2O3. The SMILES string of the molecule is CN(C)C(=O)c1ccc(NC(=O)COc2ccc3ccccc3c2Br)cc1Cl. The van der Waals surface area contributed by atoms with Gasteiger partial charge in [0.2, 0.25) is 0 Å². The molecule has 0 aliphatic carbocycles. The van der Waals surface area contributed by atoms with Crippen LogP contribution >= 0.6 is 27.5 Å². The van der Waals surface area contributed by atoms with E-state index in [2.05, 4.69) is 21.2 Å². The Morgan fingerprint density at radius 2 is 1.86 bits per heavy atom. The molecule has 0 radical (unpaired) electrons. The van der Waals surface area contributed by atoms with Crippen molar-refractivity contribution >= 4 is 55.8 Å². The normalized spacial score (nSPS) is 10.6. The molecule has 7 heteroatoms. The van der Waals surface area contributed by atoms with Gasteiger partial charge in [-0.05, 0) is 51.0 Å². The lowest BCUT2D eigenvalue weighted by Gasteiger charge is -2.13. The Labute approximate surface area is 176 Å². The zero-order valence-electron chi connectivity index (χ0n) is 15.3. The van der Waals surface area contributed by atoms with Gasteiger partial charge < -0.3 is 15.0 Å². The summed E-state index contributed by atoms with van der Waals surface area (Å²) in [5, 5.41) is 5.07. The lowest BCUT2D eigenvalue weighted by Crippen LogP contribution is -2.22. The number of halogens is 2. The molecular weight excluding hydrogens is 444 g/mol. The topological polar surface area (TPSA) is 58.6 Å². The van der Waals surface area contributed by atoms with Gasteiger partial charge in [0.05, 0.1) is 15.1 Å². The van der Waals surface area contributed by atoms with Crippen LogP contribution in [0.2, 0.25) is 5.02 Å². The van der Waals surface area contributed by atoms with Crippen LogP contribution in [0.3, 0.4) is 0 Å². The number of anilines is 1. The molecule has 0 saturated carbocycles. The molecule has 2 amide bonds. The van der Waals surface area contributed by atoms with Crippen molar-refractivity contribution in [1.82, 2.24) is 4.90 Å². The highest BCUT2D eigenvalue weighted by molar-refractivity contribution is 9.10. The molecule has 144 valence electrons. The van der Waals surface area contributed by atoms with E-state index in [0.29, 0.717) is 17.0 Å². The van der Waals surface area contributed by atoms with E-state index in [1.54, 1.807) is 32.3 Å². The van der Waals surface area contributed by atoms with Gasteiger partial charge >= 0.3 is 0 Å². The van der Waals surface area contributed by atoms with E-state index in [1.165, 1.54) is 4.90 Å². The number of nitrogens with zero attached hydrogens (tertiary/aromatic N) is 1. The van der Waals surface area contributed by atoms with Gasteiger partial charge in [0.15, 0.2) is 6.61 Å². The van der Waals surface area contributed by atoms with Crippen molar-refractivity contribution in [2.75, 3.05) is 26.0 Å². The molecule has 0 aliphatic heterocycles. The number of rotatable bonds is 5. The molecule has 0 heterocycles. The van der Waals surface area contributed by atoms with Crippen LogP contribution in [0.25, 0.3) is 10.8 Å². The number of hydrogen-bond donors (Lipinski definition) is 1. The summed E-state index contributed by atoms with van der Waals surface area (Å²) in [6.07, 6.45) is 0. The Kier molecular flexibility index (Phi) is 6.21. The summed E-state index contributed by atoms with van der Waals surface area (Å²) in [6, 6.07) is 16.4. The number of benzene rings is 3. The molecule has 0 unspecified atom stereocenters. The Morgan fingerprint density at radius 3 is 2.57 bits per heavy atom. The quantitative estimate of drug-likeness (QED) is 0.583. The zero-order chi connectivity index (χ0) is 20.3. The summed E-state index contributed by atoms with van der Waals surface area (Å²) in [4.78, 5) is 25.7. The van der Waals surface area contributed by atoms with Gasteiger partial charge in [-0.3, -0.25) is 9.59 Å². The van der Waals surface area contributed by atoms with E-state index in [1.807, 2.05) is 36.4 Å². The molecule has 0 saturated heterocycles. The molecule has 0 atom stereocenters. The molecule has 0 aliphatic rings. The number of carbonyl (C=O) groups is 2. The number of fused-ring (bicyclic) bond motifs is 1. The first-order valence-corrected chi connectivity index (χ1v) is 9.65. The van der Waals surface area contributed by atoms with E-state index in [-0.39, 0.29) is 23.4 Å². The minimum Gasteiger partial charge on any atom is -0.483 e. The molecule has 3 aromatic carbocycles. The standard InChI is InChI=1S/C21H18BrClN2O3/c1-25(2)21(27)16-9-8-14(11-17(16)23)24-19(26)12-28-18-10-7-13-5-3-4-6-15(13)20(18)22/h3-11H,12H2,1-2H3,(H,24,26). The minimum atomic E-state index is -0.331. The van der Waals surface area contributed by atoms with Crippen molar-refractivity contribution in [3.8, 4) is 5.75 Å². The molecule has 28 heavy (non-hydrogen) atoms. The maximum atomic E-state index is 12.2. The predicted octanol–water partition coefficient (Wildman–Crippen LogP) is 4.98. The highest BCUT2D eigenvalue weighted by atomic mass is 79.9. The summed E-state index contributed by atoms with van der Waals surface area (Å²) >= 11 is 9.70. The van der Waals surface area contributed by atoms with Gasteiger partial charge in [0, 0.05) is 19.8 Å². The first-order valence-electron chi connectivity index (χ1n) is 8.48. The van der Waals surface area contributed by atoms with Gasteiger partial charge in [0.1, 0.15) is 5.75 Å². The van der Waals surface area contributed by atoms with Crippen LogP contribution in [-0.4, -0.2) is 37.4 Å². The lowest BCUT2D eigenvalue weighted by atomic mass is 10.1. The van der Waals surface area contributed by atoms with Gasteiger partial charge in [0.25, 0.3) is 11.8 Å². The molecule has 0 bridgehead atoms. The van der Waals surface area contributed by atoms with Crippen LogP contribution < -0.4 is 10.1 Å². The van der Waals surface area contributed by atoms with Crippen LogP contribution in [0.5, 0.6) is 5.75 Å². The van der Waals surface area contributed by atoms with Crippen LogP contribution in [0.15, 0.2) is 59.1 Å². The van der Waals surface area contributed by atoms with E-state index < -0.39 is 0 Å². The fourth-order valence-electron chi connectivity index (χ4n) is 2.67. The fraction of sp³-hybridized carbons (Fsp3) is 0.143. The first-order chi connectivity index (χ1) is 13.4. The number of nitrogens with one attached hydrogen (secondary N) is 1. The third-order valence-electron chi connectivity index (χ3n) is 4.08. The number of hydrogen-bond acceptors (Lipinski definition) is 3. The largest absolute Gasteiger partial charge is 0.483 e. The van der Waals surface area contributed by atoms with Crippen molar-refractivity contribution in [2.24, 2.45) is 0 Å². The lowest BCUT2D eigenvalue weighted by molar-refractivity contribution is -0.118. The zero-order valence-corrected chi connectivity index (χ0v) is 17.7. The molecule has 3 rings (SSSR count). The second kappa shape index (κ2) is 8.63. The highest BCUT2D eigenvalue weighted by Crippen LogP contribution is 2.33. The molecule has 0 fully saturated rings. The summed E-state index contributed by atoms with van der Waals surface area (Å²) in [5.41, 5.74) is 0.868. The number of ether oxygens (including phenoxy) is 1. The van der Waals surface area contributed by atoms with Crippen LogP contribution in [0.4, 0.5) is 5.69 Å². The van der Waals surface area contributed by atoms with Crippen molar-refractivity contribution in [1.29, 1.82) is 0 Å². The monoisotopic (exact) mass is 460 g/mol. The average Bonchev–Trinajstić information content (AvgIpc) is 2.67. The fourth-order valence-corrected chi connectivity index (χ4v) is 3.54. The van der Waals surface area contributed by atoms with E-state index in [4.69, 9.17) is 16.3 Å². The van der Waals surface area contributed by atoms with Gasteiger partial charge in [-0.1, -0.05) is 41.9 Å². The number of amides is 2. The third-order valence-corrected chi connectivity index (χ3v) is 5.21. The molecule has 3 aromatic rings. The Bertz CT molecular complexity index is 1050. The highest BCUT2D eigenvalue weighted by Gasteiger charge is 2.14. The Morgan fingerprint density at radius 1 is 1.11 bits per heavy atom. The maximum absolute atomic E-state index is 12.2. The second-order valence-corrected chi connectivity index (χ2v) is 7.53. The molecule has 1 N–H and O–H groups in total. The van der Waals surface area contributed by atoms with E-state index in [9.17, 15) is 9.59 Å². The van der Waals surface area contributed by atoms with Crippen molar-refractivity contribution in [3.05, 3.63) is 69.7 Å². The predicted molar refractivity (Wildman–Crippen MR) is 115 cm³/mol. The summed E-state index contributed by atoms with van der Waals surface area (Å²) in [7, 11) is 3.30. The van der Waals surface area contributed by atoms with Crippen LogP contribution in [0, 0.1) is 0 Å². The van der Waals surface area contributed by atoms with Crippen LogP contribution in [-0.2, 0) is 4.79 Å². The smallest absolute Gasteiger partial charge is 0.262 e. The van der Waals surface area contributed by atoms with E-state index in [0.717, 1.165) is 15.2 Å². The first kappa shape index (κ1) is 20.2. The summed E-state index contributed by atoms with van der Waals surface area (Å²) in [5.74, 6) is 0.0500. The molecule has 0 spiro atoms. The summed E-state index contributed by atoms with van der Waals surface area (Å²) in [6.45, 7) is -0.160. The third kappa shape index (κ3) is 4.46. The Balaban J connectivity index is 1.66. The number of carbonyl (C=O) groups excluding carboxylic acids is 2. The second-order valence-electron chi connectivity index (χ2n) is 6.33. The van der Waals surface area contributed by atoms with Gasteiger partial charge in [-0.15, -0.1) is 0 Å². The molecule has 5 nitrogen and oxygen atoms in total. The average molecular weight is 462 g/mol. The van der Waals surface area contributed by atoms with Gasteiger partial charge in [-0.2, -0.15) is 0 Å². The minimum absolute atomic E-state index is 0.160.